The monoisotopic (exact) mass is 215 g/mol. The highest BCUT2D eigenvalue weighted by atomic mass is 16.5. The Morgan fingerprint density at radius 2 is 2.38 bits per heavy atom. The summed E-state index contributed by atoms with van der Waals surface area (Å²) in [4.78, 5) is 4.04. The van der Waals surface area contributed by atoms with Gasteiger partial charge in [-0.2, -0.15) is 5.26 Å². The second kappa shape index (κ2) is 3.76. The summed E-state index contributed by atoms with van der Waals surface area (Å²) in [5, 5.41) is 12.1. The van der Waals surface area contributed by atoms with Crippen molar-refractivity contribution in [2.75, 3.05) is 5.32 Å². The van der Waals surface area contributed by atoms with E-state index in [0.717, 1.165) is 18.5 Å². The van der Waals surface area contributed by atoms with Crippen molar-refractivity contribution in [3.63, 3.8) is 0 Å². The van der Waals surface area contributed by atoms with E-state index in [1.807, 2.05) is 12.1 Å². The van der Waals surface area contributed by atoms with Crippen LogP contribution in [0.3, 0.4) is 0 Å². The van der Waals surface area contributed by atoms with Gasteiger partial charge in [0.15, 0.2) is 0 Å². The number of fused-ring (bicyclic) bond motifs is 2. The summed E-state index contributed by atoms with van der Waals surface area (Å²) < 4.78 is 5.77. The molecule has 3 atom stereocenters. The number of nitriles is 1. The Labute approximate surface area is 94.2 Å². The lowest BCUT2D eigenvalue weighted by molar-refractivity contribution is 0.102. The van der Waals surface area contributed by atoms with Crippen LogP contribution in [0.2, 0.25) is 0 Å². The molecule has 2 aliphatic heterocycles. The van der Waals surface area contributed by atoms with E-state index in [2.05, 4.69) is 10.3 Å². The number of nitrogens with one attached hydrogen (secondary N) is 1. The summed E-state index contributed by atoms with van der Waals surface area (Å²) in [7, 11) is 0. The first kappa shape index (κ1) is 9.61. The van der Waals surface area contributed by atoms with E-state index in [-0.39, 0.29) is 0 Å². The lowest BCUT2D eigenvalue weighted by Crippen LogP contribution is -2.30. The molecule has 1 N–H and O–H groups in total. The van der Waals surface area contributed by atoms with Gasteiger partial charge in [0.2, 0.25) is 0 Å². The van der Waals surface area contributed by atoms with Gasteiger partial charge in [-0.3, -0.25) is 0 Å². The van der Waals surface area contributed by atoms with Gasteiger partial charge in [-0.15, -0.1) is 0 Å². The zero-order valence-corrected chi connectivity index (χ0v) is 8.89. The van der Waals surface area contributed by atoms with Gasteiger partial charge in [0, 0.05) is 0 Å². The quantitative estimate of drug-likeness (QED) is 0.815. The maximum absolute atomic E-state index is 8.65. The van der Waals surface area contributed by atoms with Crippen LogP contribution in [0.15, 0.2) is 18.3 Å². The summed E-state index contributed by atoms with van der Waals surface area (Å²) >= 11 is 0. The molecule has 82 valence electrons. The van der Waals surface area contributed by atoms with Gasteiger partial charge in [-0.05, 0) is 31.4 Å². The average molecular weight is 215 g/mol. The number of hydrogen-bond acceptors (Lipinski definition) is 4. The molecular weight excluding hydrogens is 202 g/mol. The molecule has 2 fully saturated rings. The van der Waals surface area contributed by atoms with Crippen LogP contribution in [0, 0.1) is 11.3 Å². The first-order chi connectivity index (χ1) is 7.85. The Kier molecular flexibility index (Phi) is 2.26. The highest BCUT2D eigenvalue weighted by molar-refractivity contribution is 5.44. The van der Waals surface area contributed by atoms with Crippen molar-refractivity contribution in [2.24, 2.45) is 0 Å². The zero-order valence-electron chi connectivity index (χ0n) is 8.89. The minimum Gasteiger partial charge on any atom is -0.378 e. The van der Waals surface area contributed by atoms with Crippen LogP contribution in [-0.2, 0) is 4.74 Å². The number of rotatable bonds is 2. The lowest BCUT2D eigenvalue weighted by atomic mass is 9.95. The Morgan fingerprint density at radius 1 is 1.44 bits per heavy atom. The topological polar surface area (TPSA) is 57.9 Å². The first-order valence-corrected chi connectivity index (χ1v) is 5.63. The largest absolute Gasteiger partial charge is 0.378 e. The fourth-order valence-corrected chi connectivity index (χ4v) is 2.55. The third-order valence-corrected chi connectivity index (χ3v) is 3.34. The van der Waals surface area contributed by atoms with Crippen LogP contribution in [-0.4, -0.2) is 23.2 Å². The van der Waals surface area contributed by atoms with Crippen molar-refractivity contribution < 1.29 is 4.74 Å². The third-order valence-electron chi connectivity index (χ3n) is 3.34. The van der Waals surface area contributed by atoms with E-state index in [9.17, 15) is 0 Å². The molecule has 0 saturated carbocycles. The molecule has 0 spiro atoms. The van der Waals surface area contributed by atoms with Crippen LogP contribution < -0.4 is 5.32 Å². The molecule has 0 amide bonds. The van der Waals surface area contributed by atoms with Crippen molar-refractivity contribution in [3.05, 3.63) is 24.0 Å². The second-order valence-corrected chi connectivity index (χ2v) is 4.40. The molecular formula is C12H13N3O. The number of anilines is 1. The predicted octanol–water partition coefficient (Wildman–Crippen LogP) is 1.69. The molecule has 16 heavy (non-hydrogen) atoms. The standard InChI is InChI=1S/C12H13N3O/c13-6-8-1-2-9(7-14-8)15-11-5-10-3-4-12(11)16-10/h1-2,7,10-12,15H,3-5H2/t10-,11-,12-/m1/s1. The molecule has 2 bridgehead atoms. The number of nitrogens with zero attached hydrogens (tertiary/aromatic N) is 2. The smallest absolute Gasteiger partial charge is 0.140 e. The molecule has 0 aliphatic carbocycles. The Bertz CT molecular complexity index is 423. The number of pyridine rings is 1. The normalized spacial score (nSPS) is 31.3. The van der Waals surface area contributed by atoms with E-state index in [1.165, 1.54) is 6.42 Å². The molecule has 0 unspecified atom stereocenters. The SMILES string of the molecule is N#Cc1ccc(N[C@@H]2C[C@H]3CC[C@H]2O3)cn1. The van der Waals surface area contributed by atoms with Crippen molar-refractivity contribution in [2.45, 2.75) is 37.5 Å². The van der Waals surface area contributed by atoms with Gasteiger partial charge in [0.05, 0.1) is 30.1 Å². The van der Waals surface area contributed by atoms with Gasteiger partial charge in [-0.25, -0.2) is 4.98 Å². The van der Waals surface area contributed by atoms with Gasteiger partial charge < -0.3 is 10.1 Å². The van der Waals surface area contributed by atoms with Crippen molar-refractivity contribution in [1.82, 2.24) is 4.98 Å². The molecule has 3 rings (SSSR count). The summed E-state index contributed by atoms with van der Waals surface area (Å²) in [6, 6.07) is 6.05. The van der Waals surface area contributed by atoms with Gasteiger partial charge in [0.1, 0.15) is 11.8 Å². The molecule has 1 aromatic rings. The van der Waals surface area contributed by atoms with Gasteiger partial charge in [-0.1, -0.05) is 0 Å². The predicted molar refractivity (Wildman–Crippen MR) is 58.9 cm³/mol. The molecule has 3 heterocycles. The minimum absolute atomic E-state index is 0.362. The van der Waals surface area contributed by atoms with E-state index >= 15 is 0 Å². The molecule has 0 radical (unpaired) electrons. The van der Waals surface area contributed by atoms with E-state index in [0.29, 0.717) is 23.9 Å². The Morgan fingerprint density at radius 3 is 2.94 bits per heavy atom. The van der Waals surface area contributed by atoms with E-state index < -0.39 is 0 Å². The number of ether oxygens (including phenoxy) is 1. The Balaban J connectivity index is 1.68. The molecule has 0 aromatic carbocycles. The summed E-state index contributed by atoms with van der Waals surface area (Å²) in [5.74, 6) is 0. The maximum atomic E-state index is 8.65. The Hall–Kier alpha value is -1.60. The first-order valence-electron chi connectivity index (χ1n) is 5.63. The molecule has 4 heteroatoms. The maximum Gasteiger partial charge on any atom is 0.140 e. The molecule has 2 saturated heterocycles. The van der Waals surface area contributed by atoms with Gasteiger partial charge in [0.25, 0.3) is 0 Å². The van der Waals surface area contributed by atoms with Crippen LogP contribution in [0.1, 0.15) is 25.0 Å². The fourth-order valence-electron chi connectivity index (χ4n) is 2.55. The molecule has 1 aromatic heterocycles. The number of aromatic nitrogens is 1. The second-order valence-electron chi connectivity index (χ2n) is 4.40. The van der Waals surface area contributed by atoms with E-state index in [1.54, 1.807) is 12.3 Å². The van der Waals surface area contributed by atoms with Crippen molar-refractivity contribution in [3.8, 4) is 6.07 Å². The fraction of sp³-hybridized carbons (Fsp3) is 0.500. The zero-order chi connectivity index (χ0) is 11.0. The lowest BCUT2D eigenvalue weighted by Gasteiger charge is -2.20. The van der Waals surface area contributed by atoms with Crippen LogP contribution >= 0.6 is 0 Å². The minimum atomic E-state index is 0.362. The molecule has 4 nitrogen and oxygen atoms in total. The van der Waals surface area contributed by atoms with Crippen LogP contribution in [0.4, 0.5) is 5.69 Å². The molecule has 2 aliphatic rings. The van der Waals surface area contributed by atoms with Crippen LogP contribution in [0.5, 0.6) is 0 Å². The van der Waals surface area contributed by atoms with Gasteiger partial charge >= 0.3 is 0 Å². The number of hydrogen-bond donors (Lipinski definition) is 1. The summed E-state index contributed by atoms with van der Waals surface area (Å²) in [6.45, 7) is 0. The van der Waals surface area contributed by atoms with Crippen LogP contribution in [0.25, 0.3) is 0 Å². The third kappa shape index (κ3) is 1.63. The highest BCUT2D eigenvalue weighted by Gasteiger charge is 2.40. The average Bonchev–Trinajstić information content (AvgIpc) is 2.92. The highest BCUT2D eigenvalue weighted by Crippen LogP contribution is 2.35. The summed E-state index contributed by atoms with van der Waals surface area (Å²) in [5.41, 5.74) is 1.43. The van der Waals surface area contributed by atoms with Crippen molar-refractivity contribution >= 4 is 5.69 Å². The summed E-state index contributed by atoms with van der Waals surface area (Å²) in [6.07, 6.45) is 5.98. The van der Waals surface area contributed by atoms with E-state index in [4.69, 9.17) is 10.00 Å². The van der Waals surface area contributed by atoms with Crippen molar-refractivity contribution in [1.29, 1.82) is 5.26 Å².